The lowest BCUT2D eigenvalue weighted by atomic mass is 9.80. The molecule has 0 aromatic heterocycles. The summed E-state index contributed by atoms with van der Waals surface area (Å²) in [6.45, 7) is 1.33. The van der Waals surface area contributed by atoms with Gasteiger partial charge in [-0.1, -0.05) is 255 Å². The standard InChI is InChI=1S/C58H50O3/c1-9-25-47(26-10-1)41-49(45-60-57(51-29-13-3-14-30-51,52-31-15-4-16-32-52)53-33-17-5-18-34-53)43-59-44-50(42-48-27-11-2-12-28-48)46-61-58(54-35-19-6-20-36-54,55-37-21-7-22-38-55)56-39-23-8-24-40-56/h1-42H,43-46H2. The largest absolute Gasteiger partial charge is 0.373 e. The Kier molecular flexibility index (Phi) is 13.7. The molecule has 0 heterocycles. The Bertz CT molecular complexity index is 2180. The second kappa shape index (κ2) is 20.4. The van der Waals surface area contributed by atoms with E-state index in [1.807, 2.05) is 48.5 Å². The predicted octanol–water partition coefficient (Wildman–Crippen LogP) is 13.2. The van der Waals surface area contributed by atoms with Gasteiger partial charge in [0.2, 0.25) is 0 Å². The van der Waals surface area contributed by atoms with Gasteiger partial charge in [0.15, 0.2) is 0 Å². The van der Waals surface area contributed by atoms with Crippen LogP contribution in [0.2, 0.25) is 0 Å². The maximum absolute atomic E-state index is 7.33. The Balaban J connectivity index is 1.12. The van der Waals surface area contributed by atoms with Crippen molar-refractivity contribution in [3.05, 3.63) is 298 Å². The number of hydrogen-bond acceptors (Lipinski definition) is 3. The molecule has 0 unspecified atom stereocenters. The summed E-state index contributed by atoms with van der Waals surface area (Å²) in [7, 11) is 0. The van der Waals surface area contributed by atoms with E-state index in [0.29, 0.717) is 26.4 Å². The van der Waals surface area contributed by atoms with Crippen molar-refractivity contribution >= 4 is 12.2 Å². The zero-order chi connectivity index (χ0) is 41.4. The zero-order valence-corrected chi connectivity index (χ0v) is 34.3. The van der Waals surface area contributed by atoms with E-state index in [1.165, 1.54) is 0 Å². The van der Waals surface area contributed by atoms with Crippen LogP contribution < -0.4 is 0 Å². The summed E-state index contributed by atoms with van der Waals surface area (Å²) in [5, 5.41) is 0. The van der Waals surface area contributed by atoms with E-state index in [2.05, 4.69) is 206 Å². The van der Waals surface area contributed by atoms with Gasteiger partial charge in [-0.3, -0.25) is 0 Å². The van der Waals surface area contributed by atoms with Gasteiger partial charge >= 0.3 is 0 Å². The highest BCUT2D eigenvalue weighted by molar-refractivity contribution is 5.55. The third kappa shape index (κ3) is 9.78. The number of hydrogen-bond donors (Lipinski definition) is 0. The lowest BCUT2D eigenvalue weighted by Gasteiger charge is -2.36. The summed E-state index contributed by atoms with van der Waals surface area (Å²) in [4.78, 5) is 0. The summed E-state index contributed by atoms with van der Waals surface area (Å²) in [6, 6.07) is 83.8. The molecule has 0 amide bonds. The van der Waals surface area contributed by atoms with Gasteiger partial charge in [0, 0.05) is 0 Å². The molecule has 8 aromatic rings. The van der Waals surface area contributed by atoms with Crippen molar-refractivity contribution in [1.29, 1.82) is 0 Å². The molecule has 0 fully saturated rings. The Labute approximate surface area is 360 Å². The van der Waals surface area contributed by atoms with Gasteiger partial charge in [0.25, 0.3) is 0 Å². The molecule has 0 aliphatic rings. The molecular formula is C58H50O3. The molecule has 0 radical (unpaired) electrons. The molecule has 61 heavy (non-hydrogen) atoms. The third-order valence-electron chi connectivity index (χ3n) is 10.9. The van der Waals surface area contributed by atoms with E-state index in [4.69, 9.17) is 14.2 Å². The van der Waals surface area contributed by atoms with Crippen molar-refractivity contribution in [3.8, 4) is 0 Å². The van der Waals surface area contributed by atoms with Crippen LogP contribution in [0.4, 0.5) is 0 Å². The highest BCUT2D eigenvalue weighted by Crippen LogP contribution is 2.42. The minimum atomic E-state index is -0.874. The van der Waals surface area contributed by atoms with Crippen LogP contribution in [0, 0.1) is 0 Å². The number of benzene rings is 8. The van der Waals surface area contributed by atoms with Crippen molar-refractivity contribution in [3.63, 3.8) is 0 Å². The van der Waals surface area contributed by atoms with E-state index in [0.717, 1.165) is 55.7 Å². The maximum atomic E-state index is 7.33. The number of rotatable bonds is 18. The van der Waals surface area contributed by atoms with E-state index in [9.17, 15) is 0 Å². The Morgan fingerprint density at radius 2 is 0.492 bits per heavy atom. The van der Waals surface area contributed by atoms with Crippen LogP contribution in [-0.4, -0.2) is 26.4 Å². The third-order valence-corrected chi connectivity index (χ3v) is 10.9. The summed E-state index contributed by atoms with van der Waals surface area (Å²) in [5.41, 5.74) is 8.74. The van der Waals surface area contributed by atoms with Gasteiger partial charge in [0.05, 0.1) is 26.4 Å². The van der Waals surface area contributed by atoms with Crippen LogP contribution in [0.15, 0.2) is 254 Å². The van der Waals surface area contributed by atoms with Gasteiger partial charge in [-0.15, -0.1) is 0 Å². The highest BCUT2D eigenvalue weighted by atomic mass is 16.5. The minimum Gasteiger partial charge on any atom is -0.373 e. The van der Waals surface area contributed by atoms with Gasteiger partial charge in [-0.2, -0.15) is 0 Å². The Morgan fingerprint density at radius 3 is 0.721 bits per heavy atom. The smallest absolute Gasteiger partial charge is 0.144 e. The van der Waals surface area contributed by atoms with E-state index < -0.39 is 11.2 Å². The van der Waals surface area contributed by atoms with Gasteiger partial charge in [-0.05, 0) is 55.7 Å². The van der Waals surface area contributed by atoms with Crippen molar-refractivity contribution in [2.24, 2.45) is 0 Å². The molecule has 8 aromatic carbocycles. The van der Waals surface area contributed by atoms with Crippen molar-refractivity contribution in [2.45, 2.75) is 11.2 Å². The first-order chi connectivity index (χ1) is 30.2. The molecule has 0 spiro atoms. The van der Waals surface area contributed by atoms with Crippen molar-refractivity contribution in [2.75, 3.05) is 26.4 Å². The maximum Gasteiger partial charge on any atom is 0.144 e. The van der Waals surface area contributed by atoms with Crippen LogP contribution in [0.1, 0.15) is 44.5 Å². The van der Waals surface area contributed by atoms with Crippen LogP contribution >= 0.6 is 0 Å². The average Bonchev–Trinajstić information content (AvgIpc) is 3.34. The monoisotopic (exact) mass is 794 g/mol. The average molecular weight is 795 g/mol. The molecule has 3 heteroatoms. The lowest BCUT2D eigenvalue weighted by Crippen LogP contribution is -2.34. The van der Waals surface area contributed by atoms with Crippen LogP contribution in [0.25, 0.3) is 12.2 Å². The van der Waals surface area contributed by atoms with Crippen molar-refractivity contribution < 1.29 is 14.2 Å². The Morgan fingerprint density at radius 1 is 0.279 bits per heavy atom. The van der Waals surface area contributed by atoms with Gasteiger partial charge < -0.3 is 14.2 Å². The van der Waals surface area contributed by atoms with Gasteiger partial charge in [0.1, 0.15) is 11.2 Å². The molecule has 3 nitrogen and oxygen atoms in total. The quantitative estimate of drug-likeness (QED) is 0.0810. The SMILES string of the molecule is C(=C(COCC(=Cc1ccccc1)COC(c1ccccc1)(c1ccccc1)c1ccccc1)COC(c1ccccc1)(c1ccccc1)c1ccccc1)c1ccccc1. The first-order valence-electron chi connectivity index (χ1n) is 20.9. The predicted molar refractivity (Wildman–Crippen MR) is 250 cm³/mol. The normalized spacial score (nSPS) is 12.3. The molecule has 0 atom stereocenters. The zero-order valence-electron chi connectivity index (χ0n) is 34.3. The molecule has 0 aliphatic carbocycles. The van der Waals surface area contributed by atoms with Crippen LogP contribution in [0.3, 0.4) is 0 Å². The summed E-state index contributed by atoms with van der Waals surface area (Å²) < 4.78 is 21.4. The molecule has 8 rings (SSSR count). The molecule has 0 aliphatic heterocycles. The van der Waals surface area contributed by atoms with E-state index in [1.54, 1.807) is 0 Å². The summed E-state index contributed by atoms with van der Waals surface area (Å²) in [5.74, 6) is 0. The summed E-state index contributed by atoms with van der Waals surface area (Å²) >= 11 is 0. The fraction of sp³-hybridized carbons (Fsp3) is 0.103. The van der Waals surface area contributed by atoms with Gasteiger partial charge in [-0.25, -0.2) is 0 Å². The molecular weight excluding hydrogens is 745 g/mol. The second-order valence-electron chi connectivity index (χ2n) is 15.1. The fourth-order valence-corrected chi connectivity index (χ4v) is 8.07. The first-order valence-corrected chi connectivity index (χ1v) is 20.9. The fourth-order valence-electron chi connectivity index (χ4n) is 8.07. The first kappa shape index (κ1) is 40.9. The summed E-state index contributed by atoms with van der Waals surface area (Å²) in [6.07, 6.45) is 4.38. The molecule has 0 N–H and O–H groups in total. The molecule has 300 valence electrons. The van der Waals surface area contributed by atoms with Crippen LogP contribution in [0.5, 0.6) is 0 Å². The molecule has 0 saturated heterocycles. The highest BCUT2D eigenvalue weighted by Gasteiger charge is 2.39. The van der Waals surface area contributed by atoms with Crippen molar-refractivity contribution in [1.82, 2.24) is 0 Å². The Hall–Kier alpha value is -6.88. The lowest BCUT2D eigenvalue weighted by molar-refractivity contribution is 0.0165. The topological polar surface area (TPSA) is 27.7 Å². The number of ether oxygens (including phenoxy) is 3. The van der Waals surface area contributed by atoms with Crippen LogP contribution in [-0.2, 0) is 25.4 Å². The molecule has 0 saturated carbocycles. The molecule has 0 bridgehead atoms. The van der Waals surface area contributed by atoms with E-state index >= 15 is 0 Å². The van der Waals surface area contributed by atoms with E-state index in [-0.39, 0.29) is 0 Å². The second-order valence-corrected chi connectivity index (χ2v) is 15.1. The minimum absolute atomic E-state index is 0.320.